The molecular weight excluding hydrogens is 276 g/mol. The lowest BCUT2D eigenvalue weighted by Crippen LogP contribution is -2.42. The van der Waals surface area contributed by atoms with Gasteiger partial charge in [0, 0.05) is 18.4 Å². The summed E-state index contributed by atoms with van der Waals surface area (Å²) in [4.78, 5) is 11.8. The van der Waals surface area contributed by atoms with Crippen LogP contribution in [0.2, 0.25) is 0 Å². The van der Waals surface area contributed by atoms with E-state index in [0.717, 1.165) is 37.0 Å². The Morgan fingerprint density at radius 2 is 2.18 bits per heavy atom. The van der Waals surface area contributed by atoms with Gasteiger partial charge in [0.2, 0.25) is 0 Å². The van der Waals surface area contributed by atoms with Crippen LogP contribution in [-0.4, -0.2) is 18.0 Å². The minimum atomic E-state index is 0.149. The van der Waals surface area contributed by atoms with E-state index >= 15 is 0 Å². The molecule has 120 valence electrons. The maximum atomic E-state index is 11.8. The number of phenolic OH excluding ortho intramolecular Hbond substituents is 1. The molecule has 3 nitrogen and oxygen atoms in total. The molecule has 0 bridgehead atoms. The molecule has 1 N–H and O–H groups in total. The van der Waals surface area contributed by atoms with E-state index in [2.05, 4.69) is 6.92 Å². The van der Waals surface area contributed by atoms with Gasteiger partial charge in [0.1, 0.15) is 17.3 Å². The Morgan fingerprint density at radius 1 is 1.36 bits per heavy atom. The van der Waals surface area contributed by atoms with Crippen molar-refractivity contribution < 1.29 is 14.6 Å². The maximum Gasteiger partial charge on any atom is 0.133 e. The maximum absolute atomic E-state index is 11.8. The normalized spacial score (nSPS) is 31.6. The fraction of sp³-hybridized carbons (Fsp3) is 0.632. The SMILES string of the molecule is COc1cccc(O)c1C[C@]1(C)CCCC2CC(=O)CCC21. The van der Waals surface area contributed by atoms with Crippen LogP contribution in [0.15, 0.2) is 18.2 Å². The lowest BCUT2D eigenvalue weighted by Gasteiger charge is -2.48. The van der Waals surface area contributed by atoms with Crippen LogP contribution in [0.1, 0.15) is 51.0 Å². The van der Waals surface area contributed by atoms with Gasteiger partial charge in [-0.3, -0.25) is 4.79 Å². The van der Waals surface area contributed by atoms with Crippen LogP contribution in [0.3, 0.4) is 0 Å². The molecule has 2 saturated carbocycles. The largest absolute Gasteiger partial charge is 0.508 e. The van der Waals surface area contributed by atoms with Crippen LogP contribution in [0, 0.1) is 17.3 Å². The molecule has 3 heteroatoms. The van der Waals surface area contributed by atoms with E-state index in [-0.39, 0.29) is 5.41 Å². The summed E-state index contributed by atoms with van der Waals surface area (Å²) in [5, 5.41) is 10.3. The third-order valence-electron chi connectivity index (χ3n) is 5.92. The molecule has 0 aliphatic heterocycles. The zero-order valence-electron chi connectivity index (χ0n) is 13.6. The third kappa shape index (κ3) is 2.73. The fourth-order valence-electron chi connectivity index (χ4n) is 4.81. The topological polar surface area (TPSA) is 46.5 Å². The molecule has 2 unspecified atom stereocenters. The molecule has 0 saturated heterocycles. The molecule has 2 aliphatic rings. The molecular formula is C19H26O3. The number of phenols is 1. The van der Waals surface area contributed by atoms with Gasteiger partial charge in [-0.05, 0) is 55.1 Å². The van der Waals surface area contributed by atoms with Gasteiger partial charge in [0.05, 0.1) is 7.11 Å². The predicted molar refractivity (Wildman–Crippen MR) is 86.2 cm³/mol. The van der Waals surface area contributed by atoms with Crippen LogP contribution in [0.5, 0.6) is 11.5 Å². The van der Waals surface area contributed by atoms with Gasteiger partial charge >= 0.3 is 0 Å². The highest BCUT2D eigenvalue weighted by Crippen LogP contribution is 2.52. The Hall–Kier alpha value is -1.51. The first-order valence-corrected chi connectivity index (χ1v) is 8.40. The number of benzene rings is 1. The summed E-state index contributed by atoms with van der Waals surface area (Å²) < 4.78 is 5.45. The summed E-state index contributed by atoms with van der Waals surface area (Å²) in [6, 6.07) is 5.48. The van der Waals surface area contributed by atoms with E-state index in [1.165, 1.54) is 19.3 Å². The van der Waals surface area contributed by atoms with E-state index in [1.807, 2.05) is 12.1 Å². The van der Waals surface area contributed by atoms with Crippen molar-refractivity contribution in [2.45, 2.75) is 51.9 Å². The molecule has 0 heterocycles. The van der Waals surface area contributed by atoms with Gasteiger partial charge in [-0.15, -0.1) is 0 Å². The van der Waals surface area contributed by atoms with Crippen molar-refractivity contribution in [3.8, 4) is 11.5 Å². The van der Waals surface area contributed by atoms with E-state index in [0.29, 0.717) is 23.4 Å². The van der Waals surface area contributed by atoms with Crippen molar-refractivity contribution in [2.75, 3.05) is 7.11 Å². The number of carbonyl (C=O) groups excluding carboxylic acids is 1. The third-order valence-corrected chi connectivity index (χ3v) is 5.92. The number of carbonyl (C=O) groups is 1. The lowest BCUT2D eigenvalue weighted by molar-refractivity contribution is -0.125. The molecule has 0 spiro atoms. The number of hydrogen-bond acceptors (Lipinski definition) is 3. The summed E-state index contributed by atoms with van der Waals surface area (Å²) in [6.45, 7) is 2.34. The number of fused-ring (bicyclic) bond motifs is 1. The minimum absolute atomic E-state index is 0.149. The van der Waals surface area contributed by atoms with Crippen molar-refractivity contribution in [2.24, 2.45) is 17.3 Å². The first-order chi connectivity index (χ1) is 10.5. The van der Waals surface area contributed by atoms with Gasteiger partial charge in [-0.25, -0.2) is 0 Å². The lowest BCUT2D eigenvalue weighted by atomic mass is 9.56. The molecule has 22 heavy (non-hydrogen) atoms. The molecule has 0 amide bonds. The molecule has 3 atom stereocenters. The Labute approximate surface area is 132 Å². The summed E-state index contributed by atoms with van der Waals surface area (Å²) in [7, 11) is 1.66. The molecule has 0 aromatic heterocycles. The van der Waals surface area contributed by atoms with E-state index in [4.69, 9.17) is 4.74 Å². The minimum Gasteiger partial charge on any atom is -0.508 e. The summed E-state index contributed by atoms with van der Waals surface area (Å²) in [6.07, 6.45) is 6.87. The predicted octanol–water partition coefficient (Wildman–Crippen LogP) is 4.12. The van der Waals surface area contributed by atoms with Crippen molar-refractivity contribution in [3.63, 3.8) is 0 Å². The van der Waals surface area contributed by atoms with E-state index in [1.54, 1.807) is 13.2 Å². The van der Waals surface area contributed by atoms with Gasteiger partial charge in [0.15, 0.2) is 0 Å². The highest BCUT2D eigenvalue weighted by atomic mass is 16.5. The van der Waals surface area contributed by atoms with Gasteiger partial charge < -0.3 is 9.84 Å². The highest BCUT2D eigenvalue weighted by molar-refractivity contribution is 5.79. The van der Waals surface area contributed by atoms with E-state index < -0.39 is 0 Å². The van der Waals surface area contributed by atoms with E-state index in [9.17, 15) is 9.90 Å². The summed E-state index contributed by atoms with van der Waals surface area (Å²) >= 11 is 0. The zero-order valence-corrected chi connectivity index (χ0v) is 13.6. The van der Waals surface area contributed by atoms with Crippen molar-refractivity contribution in [3.05, 3.63) is 23.8 Å². The van der Waals surface area contributed by atoms with Crippen LogP contribution in [0.4, 0.5) is 0 Å². The Balaban J connectivity index is 1.88. The van der Waals surface area contributed by atoms with Crippen LogP contribution in [0.25, 0.3) is 0 Å². The fourth-order valence-corrected chi connectivity index (χ4v) is 4.81. The molecule has 2 fully saturated rings. The number of ketones is 1. The van der Waals surface area contributed by atoms with Crippen molar-refractivity contribution >= 4 is 5.78 Å². The average molecular weight is 302 g/mol. The van der Waals surface area contributed by atoms with Gasteiger partial charge in [-0.1, -0.05) is 19.4 Å². The quantitative estimate of drug-likeness (QED) is 0.913. The molecule has 2 aliphatic carbocycles. The Bertz CT molecular complexity index is 566. The second-order valence-electron chi connectivity index (χ2n) is 7.33. The average Bonchev–Trinajstić information content (AvgIpc) is 2.49. The number of Topliss-reactive ketones (excluding diaryl/α,β-unsaturated/α-hetero) is 1. The molecule has 1 aromatic rings. The number of rotatable bonds is 3. The number of hydrogen-bond donors (Lipinski definition) is 1. The molecule has 1 aromatic carbocycles. The number of ether oxygens (including phenoxy) is 1. The van der Waals surface area contributed by atoms with Crippen LogP contribution >= 0.6 is 0 Å². The molecule has 0 radical (unpaired) electrons. The second kappa shape index (κ2) is 5.94. The standard InChI is InChI=1S/C19H26O3/c1-19(12-15-17(21)6-3-7-18(15)22-2)10-4-5-13-11-14(20)8-9-16(13)19/h3,6-7,13,16,21H,4-5,8-12H2,1-2H3/t13?,16?,19-/m0/s1. The second-order valence-corrected chi connectivity index (χ2v) is 7.33. The monoisotopic (exact) mass is 302 g/mol. The van der Waals surface area contributed by atoms with Crippen molar-refractivity contribution in [1.82, 2.24) is 0 Å². The highest BCUT2D eigenvalue weighted by Gasteiger charge is 2.45. The Morgan fingerprint density at radius 3 is 2.95 bits per heavy atom. The Kier molecular flexibility index (Phi) is 4.16. The molecule has 3 rings (SSSR count). The first kappa shape index (κ1) is 15.4. The zero-order chi connectivity index (χ0) is 15.7. The number of methoxy groups -OCH3 is 1. The first-order valence-electron chi connectivity index (χ1n) is 8.40. The van der Waals surface area contributed by atoms with Crippen molar-refractivity contribution in [1.29, 1.82) is 0 Å². The van der Waals surface area contributed by atoms with Crippen LogP contribution in [-0.2, 0) is 11.2 Å². The summed E-state index contributed by atoms with van der Waals surface area (Å²) in [5.41, 5.74) is 1.07. The van der Waals surface area contributed by atoms with Gasteiger partial charge in [-0.2, -0.15) is 0 Å². The van der Waals surface area contributed by atoms with Crippen LogP contribution < -0.4 is 4.74 Å². The summed E-state index contributed by atoms with van der Waals surface area (Å²) in [5.74, 6) is 2.66. The smallest absolute Gasteiger partial charge is 0.133 e. The number of aromatic hydroxyl groups is 1. The van der Waals surface area contributed by atoms with Gasteiger partial charge in [0.25, 0.3) is 0 Å².